The summed E-state index contributed by atoms with van der Waals surface area (Å²) in [6.07, 6.45) is 4.76. The minimum Gasteiger partial charge on any atom is -0.463 e. The molecule has 0 radical (unpaired) electrons. The van der Waals surface area contributed by atoms with E-state index in [-0.39, 0.29) is 17.9 Å². The molecule has 2 aliphatic carbocycles. The second-order valence-electron chi connectivity index (χ2n) is 6.54. The van der Waals surface area contributed by atoms with E-state index in [1.807, 2.05) is 12.2 Å². The number of allylic oxidation sites excluding steroid dienone is 1. The summed E-state index contributed by atoms with van der Waals surface area (Å²) in [6, 6.07) is -1.47. The van der Waals surface area contributed by atoms with Crippen molar-refractivity contribution in [3.05, 3.63) is 45.0 Å². The molecule has 0 aliphatic heterocycles. The molecule has 1 fully saturated rings. The van der Waals surface area contributed by atoms with Gasteiger partial charge in [0, 0.05) is 0 Å². The number of aromatic nitrogens is 2. The van der Waals surface area contributed by atoms with Crippen LogP contribution in [0.3, 0.4) is 0 Å². The maximum atomic E-state index is 13.4. The first-order chi connectivity index (χ1) is 11.8. The quantitative estimate of drug-likeness (QED) is 0.604. The second-order valence-corrected chi connectivity index (χ2v) is 6.54. The Balaban J connectivity index is 1.83. The lowest BCUT2D eigenvalue weighted by Gasteiger charge is -2.28. The molecule has 0 saturated heterocycles. The Morgan fingerprint density at radius 1 is 1.32 bits per heavy atom. The number of nitrogens with zero attached hydrogens (tertiary/aromatic N) is 1. The Hall–Kier alpha value is -2.71. The van der Waals surface area contributed by atoms with Crippen LogP contribution in [-0.2, 0) is 9.53 Å². The molecule has 0 aromatic carbocycles. The van der Waals surface area contributed by atoms with Gasteiger partial charge in [-0.25, -0.2) is 14.2 Å². The van der Waals surface area contributed by atoms with Crippen LogP contribution < -0.4 is 16.6 Å². The zero-order chi connectivity index (χ0) is 18.3. The number of rotatable bonds is 3. The average molecular weight is 351 g/mol. The van der Waals surface area contributed by atoms with Crippen LogP contribution in [0.2, 0.25) is 0 Å². The van der Waals surface area contributed by atoms with Crippen molar-refractivity contribution in [1.29, 1.82) is 0 Å². The number of H-pyrrole nitrogens is 1. The fraction of sp³-hybridized carbons (Fsp3) is 0.500. The van der Waals surface area contributed by atoms with E-state index in [2.05, 4.69) is 5.32 Å². The first-order valence-corrected chi connectivity index (χ1v) is 7.99. The van der Waals surface area contributed by atoms with Gasteiger partial charge in [0.05, 0.1) is 24.3 Å². The molecule has 0 spiro atoms. The van der Waals surface area contributed by atoms with Crippen molar-refractivity contribution < 1.29 is 18.7 Å². The van der Waals surface area contributed by atoms with Crippen LogP contribution in [0.5, 0.6) is 0 Å². The second kappa shape index (κ2) is 6.30. The van der Waals surface area contributed by atoms with Gasteiger partial charge in [-0.05, 0) is 32.1 Å². The average Bonchev–Trinajstić information content (AvgIpc) is 3.11. The molecule has 2 bridgehead atoms. The zero-order valence-corrected chi connectivity index (χ0v) is 13.7. The van der Waals surface area contributed by atoms with Crippen molar-refractivity contribution in [3.63, 3.8) is 0 Å². The van der Waals surface area contributed by atoms with Crippen molar-refractivity contribution >= 4 is 12.0 Å². The standard InChI is InChI=1S/C16H18FN3O5/c1-7(2)25-14(22)11-8-3-4-9(5-8)12(11)18-15(23)20-6-10(17)13(21)19-16(20)24/h3-4,6-9,11-12H,5H2,1-2H3,(H,18,23)(H,19,21,24). The van der Waals surface area contributed by atoms with Crippen LogP contribution in [0.25, 0.3) is 0 Å². The number of amides is 1. The highest BCUT2D eigenvalue weighted by Gasteiger charge is 2.50. The van der Waals surface area contributed by atoms with Gasteiger partial charge >= 0.3 is 17.7 Å². The molecular weight excluding hydrogens is 333 g/mol. The normalized spacial score (nSPS) is 26.9. The Bertz CT molecular complexity index is 856. The smallest absolute Gasteiger partial charge is 0.336 e. The molecule has 2 N–H and O–H groups in total. The lowest BCUT2D eigenvalue weighted by Crippen LogP contribution is -2.50. The number of nitrogens with one attached hydrogen (secondary N) is 2. The van der Waals surface area contributed by atoms with Crippen LogP contribution >= 0.6 is 0 Å². The van der Waals surface area contributed by atoms with Crippen LogP contribution in [-0.4, -0.2) is 33.7 Å². The number of ether oxygens (including phenoxy) is 1. The predicted molar refractivity (Wildman–Crippen MR) is 84.5 cm³/mol. The van der Waals surface area contributed by atoms with E-state index >= 15 is 0 Å². The Morgan fingerprint density at radius 3 is 2.68 bits per heavy atom. The first kappa shape index (κ1) is 17.1. The summed E-state index contributed by atoms with van der Waals surface area (Å²) in [5.41, 5.74) is -2.25. The highest BCUT2D eigenvalue weighted by Crippen LogP contribution is 2.44. The molecule has 1 aromatic rings. The number of aromatic amines is 1. The number of hydrogen-bond acceptors (Lipinski definition) is 5. The zero-order valence-electron chi connectivity index (χ0n) is 13.7. The topological polar surface area (TPSA) is 110 Å². The maximum absolute atomic E-state index is 13.4. The number of carbonyl (C=O) groups excluding carboxylic acids is 2. The Labute approximate surface area is 141 Å². The van der Waals surface area contributed by atoms with Gasteiger partial charge in [0.15, 0.2) is 0 Å². The molecule has 2 aliphatic rings. The molecule has 4 unspecified atom stereocenters. The Kier molecular flexibility index (Phi) is 4.32. The third-order valence-corrected chi connectivity index (χ3v) is 4.49. The monoisotopic (exact) mass is 351 g/mol. The summed E-state index contributed by atoms with van der Waals surface area (Å²) in [4.78, 5) is 49.2. The van der Waals surface area contributed by atoms with E-state index in [0.717, 1.165) is 0 Å². The van der Waals surface area contributed by atoms with E-state index in [1.165, 1.54) is 0 Å². The van der Waals surface area contributed by atoms with E-state index in [4.69, 9.17) is 4.74 Å². The largest absolute Gasteiger partial charge is 0.463 e. The molecule has 134 valence electrons. The third kappa shape index (κ3) is 3.13. The summed E-state index contributed by atoms with van der Waals surface area (Å²) >= 11 is 0. The molecule has 1 saturated carbocycles. The number of fused-ring (bicyclic) bond motifs is 2. The van der Waals surface area contributed by atoms with E-state index in [0.29, 0.717) is 17.2 Å². The molecule has 8 nitrogen and oxygen atoms in total. The van der Waals surface area contributed by atoms with E-state index in [9.17, 15) is 23.6 Å². The number of esters is 1. The molecule has 1 amide bonds. The summed E-state index contributed by atoms with van der Waals surface area (Å²) in [7, 11) is 0. The van der Waals surface area contributed by atoms with Crippen molar-refractivity contribution in [2.75, 3.05) is 0 Å². The van der Waals surface area contributed by atoms with Crippen molar-refractivity contribution in [3.8, 4) is 0 Å². The predicted octanol–water partition coefficient (Wildman–Crippen LogP) is 0.376. The lowest BCUT2D eigenvalue weighted by molar-refractivity contribution is -0.154. The summed E-state index contributed by atoms with van der Waals surface area (Å²) < 4.78 is 19.1. The van der Waals surface area contributed by atoms with Gasteiger partial charge < -0.3 is 10.1 Å². The van der Waals surface area contributed by atoms with Crippen molar-refractivity contribution in [1.82, 2.24) is 14.9 Å². The van der Waals surface area contributed by atoms with Gasteiger partial charge in [-0.2, -0.15) is 4.39 Å². The minimum absolute atomic E-state index is 0.0504. The van der Waals surface area contributed by atoms with Crippen molar-refractivity contribution in [2.24, 2.45) is 17.8 Å². The van der Waals surface area contributed by atoms with Gasteiger partial charge in [0.25, 0.3) is 5.56 Å². The summed E-state index contributed by atoms with van der Waals surface area (Å²) in [5.74, 6) is -2.35. The number of carbonyl (C=O) groups is 2. The maximum Gasteiger partial charge on any atom is 0.336 e. The summed E-state index contributed by atoms with van der Waals surface area (Å²) in [6.45, 7) is 3.47. The van der Waals surface area contributed by atoms with Crippen LogP contribution in [0.1, 0.15) is 20.3 Å². The molecule has 1 aromatic heterocycles. The number of halogens is 1. The SMILES string of the molecule is CC(C)OC(=O)C1C2C=CC(C2)C1NC(=O)n1cc(F)c(=O)[nH]c1=O. The molecular formula is C16H18FN3O5. The van der Waals surface area contributed by atoms with Crippen molar-refractivity contribution in [2.45, 2.75) is 32.4 Å². The van der Waals surface area contributed by atoms with Gasteiger partial charge in [-0.15, -0.1) is 0 Å². The lowest BCUT2D eigenvalue weighted by atomic mass is 9.89. The molecule has 3 rings (SSSR count). The molecule has 4 atom stereocenters. The van der Waals surface area contributed by atoms with E-state index < -0.39 is 41.0 Å². The fourth-order valence-electron chi connectivity index (χ4n) is 3.46. The van der Waals surface area contributed by atoms with Crippen LogP contribution in [0.15, 0.2) is 27.9 Å². The van der Waals surface area contributed by atoms with Crippen LogP contribution in [0.4, 0.5) is 9.18 Å². The highest BCUT2D eigenvalue weighted by atomic mass is 19.1. The number of hydrogen-bond donors (Lipinski definition) is 2. The molecule has 9 heteroatoms. The van der Waals surface area contributed by atoms with Gasteiger partial charge in [-0.3, -0.25) is 14.6 Å². The van der Waals surface area contributed by atoms with E-state index in [1.54, 1.807) is 18.8 Å². The Morgan fingerprint density at radius 2 is 2.00 bits per heavy atom. The van der Waals surface area contributed by atoms with Gasteiger partial charge in [0.1, 0.15) is 0 Å². The summed E-state index contributed by atoms with van der Waals surface area (Å²) in [5, 5.41) is 2.60. The van der Waals surface area contributed by atoms with Crippen LogP contribution in [0, 0.1) is 23.6 Å². The fourth-order valence-corrected chi connectivity index (χ4v) is 3.46. The minimum atomic E-state index is -1.25. The molecule has 25 heavy (non-hydrogen) atoms. The van der Waals surface area contributed by atoms with Gasteiger partial charge in [0.2, 0.25) is 5.82 Å². The third-order valence-electron chi connectivity index (χ3n) is 4.49. The van der Waals surface area contributed by atoms with Gasteiger partial charge in [-0.1, -0.05) is 12.2 Å². The highest BCUT2D eigenvalue weighted by molar-refractivity contribution is 5.80. The molecule has 1 heterocycles. The first-order valence-electron chi connectivity index (χ1n) is 7.99.